The van der Waals surface area contributed by atoms with Gasteiger partial charge in [0.2, 0.25) is 5.91 Å². The molecule has 0 spiro atoms. The van der Waals surface area contributed by atoms with Crippen LogP contribution in [0.5, 0.6) is 0 Å². The van der Waals surface area contributed by atoms with Crippen LogP contribution in [-0.4, -0.2) is 59.0 Å². The van der Waals surface area contributed by atoms with Gasteiger partial charge in [-0.1, -0.05) is 29.4 Å². The molecule has 2 heterocycles. The zero-order valence-corrected chi connectivity index (χ0v) is 19.9. The first kappa shape index (κ1) is 23.3. The third-order valence-electron chi connectivity index (χ3n) is 5.96. The van der Waals surface area contributed by atoms with E-state index in [1.165, 1.54) is 11.8 Å². The van der Waals surface area contributed by atoms with Crippen LogP contribution in [0.15, 0.2) is 28.0 Å². The number of ether oxygens (including phenoxy) is 1. The Bertz CT molecular complexity index is 1040. The van der Waals surface area contributed by atoms with Crippen LogP contribution in [0.4, 0.5) is 5.69 Å². The molecule has 0 bridgehead atoms. The largest absolute Gasteiger partial charge is 0.379 e. The number of carbonyl (C=O) groups excluding carboxylic acids is 1. The minimum Gasteiger partial charge on any atom is -0.379 e. The number of carbonyl (C=O) groups is 1. The SMILES string of the molecule is Cc1ccc(NC(=O)CSc2nc(=O)n(CCCN3CCOCC3)c3c2CCC3)cc1Cl. The maximum absolute atomic E-state index is 12.8. The lowest BCUT2D eigenvalue weighted by Crippen LogP contribution is -2.37. The van der Waals surface area contributed by atoms with Crippen molar-refractivity contribution in [2.45, 2.75) is 44.2 Å². The van der Waals surface area contributed by atoms with E-state index in [0.29, 0.717) is 22.3 Å². The summed E-state index contributed by atoms with van der Waals surface area (Å²) in [7, 11) is 0. The Hall–Kier alpha value is -1.87. The molecule has 172 valence electrons. The molecule has 1 aliphatic heterocycles. The number of nitrogens with one attached hydrogen (secondary N) is 1. The number of anilines is 1. The van der Waals surface area contributed by atoms with Crippen molar-refractivity contribution in [2.24, 2.45) is 0 Å². The van der Waals surface area contributed by atoms with Gasteiger partial charge in [-0.05, 0) is 50.3 Å². The topological polar surface area (TPSA) is 76.5 Å². The smallest absolute Gasteiger partial charge is 0.348 e. The molecule has 1 amide bonds. The minimum atomic E-state index is -0.208. The number of hydrogen-bond acceptors (Lipinski definition) is 6. The number of benzene rings is 1. The predicted octanol–water partition coefficient (Wildman–Crippen LogP) is 3.15. The molecule has 2 aromatic rings. The first-order valence-corrected chi connectivity index (χ1v) is 12.5. The Morgan fingerprint density at radius 2 is 2.06 bits per heavy atom. The lowest BCUT2D eigenvalue weighted by Gasteiger charge is -2.26. The predicted molar refractivity (Wildman–Crippen MR) is 128 cm³/mol. The van der Waals surface area contributed by atoms with E-state index in [9.17, 15) is 9.59 Å². The second-order valence-corrected chi connectivity index (χ2v) is 9.61. The van der Waals surface area contributed by atoms with Crippen LogP contribution in [-0.2, 0) is 28.9 Å². The van der Waals surface area contributed by atoms with E-state index < -0.39 is 0 Å². The van der Waals surface area contributed by atoms with Gasteiger partial charge in [-0.2, -0.15) is 4.98 Å². The molecule has 1 saturated heterocycles. The van der Waals surface area contributed by atoms with Crippen LogP contribution in [0.2, 0.25) is 5.02 Å². The average Bonchev–Trinajstić information content (AvgIpc) is 3.27. The first-order chi connectivity index (χ1) is 15.5. The first-order valence-electron chi connectivity index (χ1n) is 11.1. The number of aromatic nitrogens is 2. The molecule has 0 radical (unpaired) electrons. The van der Waals surface area contributed by atoms with E-state index in [2.05, 4.69) is 15.2 Å². The van der Waals surface area contributed by atoms with Gasteiger partial charge in [0.1, 0.15) is 5.03 Å². The number of thioether (sulfide) groups is 1. The van der Waals surface area contributed by atoms with Crippen LogP contribution < -0.4 is 11.0 Å². The number of aryl methyl sites for hydroxylation is 1. The number of nitrogens with zero attached hydrogens (tertiary/aromatic N) is 3. The average molecular weight is 477 g/mol. The summed E-state index contributed by atoms with van der Waals surface area (Å²) in [6.07, 6.45) is 3.74. The molecular weight excluding hydrogens is 448 g/mol. The molecule has 0 saturated carbocycles. The molecule has 32 heavy (non-hydrogen) atoms. The number of hydrogen-bond donors (Lipinski definition) is 1. The standard InChI is InChI=1S/C23H29ClN4O3S/c1-16-6-7-17(14-19(16)24)25-21(29)15-32-22-18-4-2-5-20(18)28(23(30)26-22)9-3-8-27-10-12-31-13-11-27/h6-7,14H,2-5,8-13,15H2,1H3,(H,25,29). The van der Waals surface area contributed by atoms with Gasteiger partial charge in [0.25, 0.3) is 0 Å². The highest BCUT2D eigenvalue weighted by atomic mass is 35.5. The van der Waals surface area contributed by atoms with Gasteiger partial charge >= 0.3 is 5.69 Å². The van der Waals surface area contributed by atoms with Crippen molar-refractivity contribution < 1.29 is 9.53 Å². The molecule has 0 atom stereocenters. The molecule has 2 aliphatic rings. The van der Waals surface area contributed by atoms with Crippen molar-refractivity contribution in [2.75, 3.05) is 43.9 Å². The number of fused-ring (bicyclic) bond motifs is 1. The summed E-state index contributed by atoms with van der Waals surface area (Å²) < 4.78 is 7.24. The maximum Gasteiger partial charge on any atom is 0.348 e. The van der Waals surface area contributed by atoms with Gasteiger partial charge in [-0.25, -0.2) is 4.79 Å². The van der Waals surface area contributed by atoms with Crippen LogP contribution >= 0.6 is 23.4 Å². The molecule has 1 aromatic heterocycles. The van der Waals surface area contributed by atoms with Crippen molar-refractivity contribution in [1.82, 2.24) is 14.5 Å². The van der Waals surface area contributed by atoms with Crippen LogP contribution in [0.3, 0.4) is 0 Å². The third kappa shape index (κ3) is 5.73. The number of amides is 1. The van der Waals surface area contributed by atoms with Crippen molar-refractivity contribution in [3.8, 4) is 0 Å². The summed E-state index contributed by atoms with van der Waals surface area (Å²) in [5.41, 5.74) is 3.65. The van der Waals surface area contributed by atoms with Gasteiger partial charge in [-0.15, -0.1) is 0 Å². The van der Waals surface area contributed by atoms with E-state index in [-0.39, 0.29) is 17.3 Å². The third-order valence-corrected chi connectivity index (χ3v) is 7.38. The highest BCUT2D eigenvalue weighted by molar-refractivity contribution is 8.00. The zero-order valence-electron chi connectivity index (χ0n) is 18.4. The van der Waals surface area contributed by atoms with Gasteiger partial charge in [0.05, 0.1) is 19.0 Å². The summed E-state index contributed by atoms with van der Waals surface area (Å²) >= 11 is 7.47. The monoisotopic (exact) mass is 476 g/mol. The number of morpholine rings is 1. The summed E-state index contributed by atoms with van der Waals surface area (Å²) in [6.45, 7) is 7.05. The Kier molecular flexibility index (Phi) is 7.88. The van der Waals surface area contributed by atoms with Crippen LogP contribution in [0.25, 0.3) is 0 Å². The van der Waals surface area contributed by atoms with Crippen molar-refractivity contribution in [1.29, 1.82) is 0 Å². The van der Waals surface area contributed by atoms with Gasteiger partial charge in [0.15, 0.2) is 0 Å². The molecule has 1 fully saturated rings. The molecule has 1 aliphatic carbocycles. The maximum atomic E-state index is 12.8. The molecule has 1 N–H and O–H groups in total. The molecule has 4 rings (SSSR count). The lowest BCUT2D eigenvalue weighted by molar-refractivity contribution is -0.113. The Labute approximate surface area is 197 Å². The number of halogens is 1. The van der Waals surface area contributed by atoms with E-state index in [0.717, 1.165) is 75.4 Å². The molecular formula is C23H29ClN4O3S. The van der Waals surface area contributed by atoms with E-state index in [1.807, 2.05) is 23.6 Å². The quantitative estimate of drug-likeness (QED) is 0.466. The second-order valence-electron chi connectivity index (χ2n) is 8.24. The summed E-state index contributed by atoms with van der Waals surface area (Å²) in [6, 6.07) is 5.45. The summed E-state index contributed by atoms with van der Waals surface area (Å²) in [5.74, 6) is 0.0592. The van der Waals surface area contributed by atoms with Gasteiger partial charge in [0, 0.05) is 48.1 Å². The number of rotatable bonds is 8. The zero-order chi connectivity index (χ0) is 22.5. The summed E-state index contributed by atoms with van der Waals surface area (Å²) in [4.78, 5) is 31.9. The highest BCUT2D eigenvalue weighted by Gasteiger charge is 2.22. The Morgan fingerprint density at radius 1 is 1.25 bits per heavy atom. The minimum absolute atomic E-state index is 0.141. The van der Waals surface area contributed by atoms with Crippen molar-refractivity contribution >= 4 is 35.0 Å². The van der Waals surface area contributed by atoms with Crippen molar-refractivity contribution in [3.05, 3.63) is 50.5 Å². The second kappa shape index (κ2) is 10.8. The highest BCUT2D eigenvalue weighted by Crippen LogP contribution is 2.29. The van der Waals surface area contributed by atoms with Gasteiger partial charge in [-0.3, -0.25) is 14.3 Å². The fourth-order valence-corrected chi connectivity index (χ4v) is 5.27. The Balaban J connectivity index is 1.37. The fourth-order valence-electron chi connectivity index (χ4n) is 4.21. The van der Waals surface area contributed by atoms with E-state index in [1.54, 1.807) is 6.07 Å². The van der Waals surface area contributed by atoms with E-state index in [4.69, 9.17) is 16.3 Å². The molecule has 0 unspecified atom stereocenters. The summed E-state index contributed by atoms with van der Waals surface area (Å²) in [5, 5.41) is 4.18. The fraction of sp³-hybridized carbons (Fsp3) is 0.522. The Morgan fingerprint density at radius 3 is 2.84 bits per heavy atom. The lowest BCUT2D eigenvalue weighted by atomic mass is 10.2. The van der Waals surface area contributed by atoms with E-state index >= 15 is 0 Å². The molecule has 7 nitrogen and oxygen atoms in total. The van der Waals surface area contributed by atoms with Gasteiger partial charge < -0.3 is 10.1 Å². The molecule has 9 heteroatoms. The normalized spacial score (nSPS) is 16.2. The van der Waals surface area contributed by atoms with Crippen LogP contribution in [0.1, 0.15) is 29.7 Å². The molecule has 1 aromatic carbocycles. The van der Waals surface area contributed by atoms with Crippen molar-refractivity contribution in [3.63, 3.8) is 0 Å². The van der Waals surface area contributed by atoms with Crippen LogP contribution in [0, 0.1) is 6.92 Å².